The van der Waals surface area contributed by atoms with Gasteiger partial charge in [0.1, 0.15) is 5.60 Å². The van der Waals surface area contributed by atoms with Crippen molar-refractivity contribution in [1.29, 1.82) is 0 Å². The quantitative estimate of drug-likeness (QED) is 0.814. The van der Waals surface area contributed by atoms with Gasteiger partial charge in [0.2, 0.25) is 0 Å². The summed E-state index contributed by atoms with van der Waals surface area (Å²) in [4.78, 5) is 11.8. The minimum atomic E-state index is -0.445. The Hall–Kier alpha value is -0.770. The number of carbonyl (C=O) groups excluding carboxylic acids is 1. The molecular weight excluding hydrogens is 230 g/mol. The molecule has 0 spiro atoms. The van der Waals surface area contributed by atoms with Crippen LogP contribution >= 0.6 is 0 Å². The van der Waals surface area contributed by atoms with Crippen LogP contribution in [0.3, 0.4) is 0 Å². The molecule has 2 N–H and O–H groups in total. The topological polar surface area (TPSA) is 58.6 Å². The van der Waals surface area contributed by atoms with E-state index in [-0.39, 0.29) is 18.7 Å². The summed E-state index contributed by atoms with van der Waals surface area (Å²) in [6.45, 7) is 5.85. The van der Waals surface area contributed by atoms with Gasteiger partial charge >= 0.3 is 6.09 Å². The summed E-state index contributed by atoms with van der Waals surface area (Å²) in [6, 6.07) is 0.208. The molecule has 0 bridgehead atoms. The zero-order chi connectivity index (χ0) is 13.6. The van der Waals surface area contributed by atoms with E-state index in [9.17, 15) is 4.79 Å². The van der Waals surface area contributed by atoms with Crippen LogP contribution in [0, 0.1) is 5.92 Å². The van der Waals surface area contributed by atoms with E-state index in [2.05, 4.69) is 5.32 Å². The van der Waals surface area contributed by atoms with Gasteiger partial charge in [-0.15, -0.1) is 0 Å². The lowest BCUT2D eigenvalue weighted by atomic mass is 9.82. The summed E-state index contributed by atoms with van der Waals surface area (Å²) in [5, 5.41) is 11.9. The molecule has 2 unspecified atom stereocenters. The Morgan fingerprint density at radius 2 is 2.00 bits per heavy atom. The summed E-state index contributed by atoms with van der Waals surface area (Å²) in [6.07, 6.45) is 6.03. The highest BCUT2D eigenvalue weighted by molar-refractivity contribution is 5.68. The van der Waals surface area contributed by atoms with Crippen molar-refractivity contribution in [2.24, 2.45) is 5.92 Å². The van der Waals surface area contributed by atoms with E-state index in [1.807, 2.05) is 20.8 Å². The molecule has 1 aliphatic rings. The lowest BCUT2D eigenvalue weighted by Crippen LogP contribution is -2.44. The first kappa shape index (κ1) is 15.3. The Balaban J connectivity index is 2.43. The molecule has 1 amide bonds. The predicted octanol–water partition coefficient (Wildman–Crippen LogP) is 2.84. The second kappa shape index (κ2) is 6.98. The Bertz CT molecular complexity index is 260. The molecule has 0 radical (unpaired) electrons. The van der Waals surface area contributed by atoms with Crippen molar-refractivity contribution in [3.05, 3.63) is 0 Å². The first-order valence-electron chi connectivity index (χ1n) is 7.03. The molecule has 0 aromatic heterocycles. The number of rotatable bonds is 4. The number of amides is 1. The number of carbonyl (C=O) groups is 1. The van der Waals surface area contributed by atoms with E-state index in [0.717, 1.165) is 32.1 Å². The van der Waals surface area contributed by atoms with Crippen molar-refractivity contribution in [3.63, 3.8) is 0 Å². The molecule has 4 nitrogen and oxygen atoms in total. The van der Waals surface area contributed by atoms with Gasteiger partial charge in [0.05, 0.1) is 0 Å². The molecule has 1 rings (SSSR count). The van der Waals surface area contributed by atoms with Crippen LogP contribution in [-0.4, -0.2) is 29.4 Å². The van der Waals surface area contributed by atoms with Gasteiger partial charge in [0.15, 0.2) is 0 Å². The Morgan fingerprint density at radius 3 is 2.61 bits per heavy atom. The maximum absolute atomic E-state index is 11.8. The van der Waals surface area contributed by atoms with Crippen LogP contribution in [0.1, 0.15) is 59.3 Å². The van der Waals surface area contributed by atoms with Gasteiger partial charge < -0.3 is 15.2 Å². The highest BCUT2D eigenvalue weighted by atomic mass is 16.6. The number of alkyl carbamates (subject to hydrolysis) is 1. The number of aliphatic hydroxyl groups is 1. The van der Waals surface area contributed by atoms with E-state index in [1.165, 1.54) is 6.42 Å². The van der Waals surface area contributed by atoms with Crippen LogP contribution in [0.5, 0.6) is 0 Å². The largest absolute Gasteiger partial charge is 0.444 e. The molecule has 0 aromatic rings. The molecule has 18 heavy (non-hydrogen) atoms. The molecule has 0 saturated heterocycles. The van der Waals surface area contributed by atoms with Gasteiger partial charge in [-0.3, -0.25) is 0 Å². The van der Waals surface area contributed by atoms with Crippen molar-refractivity contribution in [1.82, 2.24) is 5.32 Å². The van der Waals surface area contributed by atoms with Crippen LogP contribution < -0.4 is 5.32 Å². The fraction of sp³-hybridized carbons (Fsp3) is 0.929. The second-order valence-corrected chi connectivity index (χ2v) is 6.16. The molecule has 0 aromatic carbocycles. The van der Waals surface area contributed by atoms with Gasteiger partial charge in [-0.1, -0.05) is 12.8 Å². The summed E-state index contributed by atoms with van der Waals surface area (Å²) in [5.74, 6) is 0.485. The van der Waals surface area contributed by atoms with E-state index in [4.69, 9.17) is 9.84 Å². The van der Waals surface area contributed by atoms with Gasteiger partial charge in [-0.05, 0) is 52.4 Å². The van der Waals surface area contributed by atoms with Gasteiger partial charge in [0, 0.05) is 12.6 Å². The van der Waals surface area contributed by atoms with Crippen molar-refractivity contribution < 1.29 is 14.6 Å². The van der Waals surface area contributed by atoms with Gasteiger partial charge in [-0.2, -0.15) is 0 Å². The first-order chi connectivity index (χ1) is 8.42. The number of hydrogen-bond donors (Lipinski definition) is 2. The number of nitrogens with one attached hydrogen (secondary N) is 1. The molecule has 1 saturated carbocycles. The lowest BCUT2D eigenvalue weighted by molar-refractivity contribution is 0.0464. The van der Waals surface area contributed by atoms with Crippen molar-refractivity contribution in [3.8, 4) is 0 Å². The molecular formula is C14H27NO3. The second-order valence-electron chi connectivity index (χ2n) is 6.16. The minimum absolute atomic E-state index is 0.208. The third kappa shape index (κ3) is 5.71. The van der Waals surface area contributed by atoms with Crippen LogP contribution in [0.2, 0.25) is 0 Å². The molecule has 106 valence electrons. The normalized spacial score (nSPS) is 24.7. The van der Waals surface area contributed by atoms with Crippen LogP contribution in [0.15, 0.2) is 0 Å². The van der Waals surface area contributed by atoms with Crippen LogP contribution in [0.25, 0.3) is 0 Å². The summed E-state index contributed by atoms with van der Waals surface area (Å²) in [5.41, 5.74) is -0.445. The Morgan fingerprint density at radius 1 is 1.33 bits per heavy atom. The number of hydrogen-bond acceptors (Lipinski definition) is 3. The number of ether oxygens (including phenoxy) is 1. The minimum Gasteiger partial charge on any atom is -0.444 e. The SMILES string of the molecule is CC(C)(C)OC(=O)NC1CCCCC1CCCO. The molecule has 2 atom stereocenters. The van der Waals surface area contributed by atoms with E-state index >= 15 is 0 Å². The molecule has 1 aliphatic carbocycles. The van der Waals surface area contributed by atoms with Crippen molar-refractivity contribution in [2.75, 3.05) is 6.61 Å². The third-order valence-corrected chi connectivity index (χ3v) is 3.34. The van der Waals surface area contributed by atoms with E-state index in [0.29, 0.717) is 5.92 Å². The summed E-state index contributed by atoms with van der Waals surface area (Å²) in [7, 11) is 0. The third-order valence-electron chi connectivity index (χ3n) is 3.34. The maximum Gasteiger partial charge on any atom is 0.407 e. The standard InChI is InChI=1S/C14H27NO3/c1-14(2,3)18-13(17)15-12-9-5-4-7-11(12)8-6-10-16/h11-12,16H,4-10H2,1-3H3,(H,15,17). The molecule has 4 heteroatoms. The van der Waals surface area contributed by atoms with E-state index < -0.39 is 5.60 Å². The maximum atomic E-state index is 11.8. The van der Waals surface area contributed by atoms with Crippen LogP contribution in [-0.2, 0) is 4.74 Å². The van der Waals surface area contributed by atoms with Crippen LogP contribution in [0.4, 0.5) is 4.79 Å². The average Bonchev–Trinajstić information content (AvgIpc) is 2.25. The highest BCUT2D eigenvalue weighted by Gasteiger charge is 2.27. The van der Waals surface area contributed by atoms with Crippen molar-refractivity contribution in [2.45, 2.75) is 70.9 Å². The average molecular weight is 257 g/mol. The fourth-order valence-electron chi connectivity index (χ4n) is 2.56. The summed E-state index contributed by atoms with van der Waals surface area (Å²) >= 11 is 0. The molecule has 1 fully saturated rings. The molecule has 0 heterocycles. The Labute approximate surface area is 110 Å². The number of aliphatic hydroxyl groups excluding tert-OH is 1. The first-order valence-corrected chi connectivity index (χ1v) is 7.03. The Kier molecular flexibility index (Phi) is 5.93. The zero-order valence-corrected chi connectivity index (χ0v) is 11.9. The summed E-state index contributed by atoms with van der Waals surface area (Å²) < 4.78 is 5.29. The lowest BCUT2D eigenvalue weighted by Gasteiger charge is -2.32. The smallest absolute Gasteiger partial charge is 0.407 e. The van der Waals surface area contributed by atoms with Gasteiger partial charge in [0.25, 0.3) is 0 Å². The van der Waals surface area contributed by atoms with Crippen molar-refractivity contribution >= 4 is 6.09 Å². The predicted molar refractivity (Wildman–Crippen MR) is 71.4 cm³/mol. The van der Waals surface area contributed by atoms with E-state index in [1.54, 1.807) is 0 Å². The molecule has 0 aliphatic heterocycles. The monoisotopic (exact) mass is 257 g/mol. The van der Waals surface area contributed by atoms with Gasteiger partial charge in [-0.25, -0.2) is 4.79 Å². The zero-order valence-electron chi connectivity index (χ0n) is 11.9. The fourth-order valence-corrected chi connectivity index (χ4v) is 2.56. The highest BCUT2D eigenvalue weighted by Crippen LogP contribution is 2.28.